The van der Waals surface area contributed by atoms with Crippen LogP contribution in [0.15, 0.2) is 200 Å². The van der Waals surface area contributed by atoms with E-state index in [-0.39, 0.29) is 27.1 Å². The van der Waals surface area contributed by atoms with Crippen molar-refractivity contribution < 1.29 is 4.74 Å². The summed E-state index contributed by atoms with van der Waals surface area (Å²) in [5.74, 6) is 2.43. The van der Waals surface area contributed by atoms with Gasteiger partial charge in [-0.3, -0.25) is 4.57 Å². The number of rotatable bonds is 10. The Morgan fingerprint density at radius 1 is 0.364 bits per heavy atom. The lowest BCUT2D eigenvalue weighted by atomic mass is 9.75. The average Bonchev–Trinajstić information content (AvgIpc) is 4.11. The number of hydrogen-bond acceptors (Lipinski definition) is 4. The van der Waals surface area contributed by atoms with Gasteiger partial charge in [-0.2, -0.15) is 0 Å². The first-order valence-corrected chi connectivity index (χ1v) is 27.4. The average molecular weight is 1010 g/mol. The molecule has 11 rings (SSSR count). The molecule has 2 aromatic heterocycles. The fourth-order valence-electron chi connectivity index (χ4n) is 11.2. The van der Waals surface area contributed by atoms with Crippen molar-refractivity contribution >= 4 is 44.6 Å². The molecule has 0 spiro atoms. The smallest absolute Gasteiger partial charge is 0.137 e. The van der Waals surface area contributed by atoms with Gasteiger partial charge in [-0.05, 0) is 139 Å². The Bertz CT molecular complexity index is 3810. The molecule has 0 radical (unpaired) electrons. The van der Waals surface area contributed by atoms with E-state index in [4.69, 9.17) is 9.72 Å². The number of aromatic nitrogens is 2. The van der Waals surface area contributed by atoms with Crippen LogP contribution in [0.25, 0.3) is 38.8 Å². The van der Waals surface area contributed by atoms with E-state index in [1.807, 2.05) is 6.20 Å². The van der Waals surface area contributed by atoms with Crippen LogP contribution in [0, 0.1) is 0 Å². The Kier molecular flexibility index (Phi) is 12.6. The summed E-state index contributed by atoms with van der Waals surface area (Å²) in [4.78, 5) is 10.1. The molecule has 77 heavy (non-hydrogen) atoms. The van der Waals surface area contributed by atoms with Crippen molar-refractivity contribution in [1.29, 1.82) is 0 Å². The van der Waals surface area contributed by atoms with Gasteiger partial charge in [-0.15, -0.1) is 0 Å². The van der Waals surface area contributed by atoms with Crippen LogP contribution < -0.4 is 14.5 Å². The van der Waals surface area contributed by atoms with Gasteiger partial charge >= 0.3 is 0 Å². The third-order valence-corrected chi connectivity index (χ3v) is 16.4. The maximum absolute atomic E-state index is 7.19. The number of ether oxygens (including phenoxy) is 1. The van der Waals surface area contributed by atoms with E-state index in [0.717, 1.165) is 39.4 Å². The maximum Gasteiger partial charge on any atom is 0.137 e. The fraction of sp³-hybridized carbons (Fsp3) is 0.264. The molecule has 5 heteroatoms. The van der Waals surface area contributed by atoms with Gasteiger partial charge in [0.15, 0.2) is 0 Å². The molecular weight excluding hydrogens is 937 g/mol. The lowest BCUT2D eigenvalue weighted by Crippen LogP contribution is -2.26. The summed E-state index contributed by atoms with van der Waals surface area (Å²) in [6.45, 7) is 30.6. The van der Waals surface area contributed by atoms with Crippen LogP contribution >= 0.6 is 0 Å². The highest BCUT2D eigenvalue weighted by Crippen LogP contribution is 2.50. The molecule has 5 nitrogen and oxygen atoms in total. The van der Waals surface area contributed by atoms with Crippen LogP contribution in [0.2, 0.25) is 0 Å². The molecular formula is C72H74N4O. The van der Waals surface area contributed by atoms with Crippen LogP contribution in [-0.2, 0) is 27.1 Å². The molecule has 3 heterocycles. The molecule has 10 aromatic rings. The number of fused-ring (bicyclic) bond motifs is 4. The van der Waals surface area contributed by atoms with Crippen molar-refractivity contribution in [2.24, 2.45) is 0 Å². The third kappa shape index (κ3) is 9.71. The molecule has 0 saturated heterocycles. The van der Waals surface area contributed by atoms with Gasteiger partial charge < -0.3 is 14.5 Å². The summed E-state index contributed by atoms with van der Waals surface area (Å²) < 4.78 is 9.50. The molecule has 388 valence electrons. The van der Waals surface area contributed by atoms with Crippen molar-refractivity contribution in [1.82, 2.24) is 9.55 Å². The molecule has 0 unspecified atom stereocenters. The zero-order chi connectivity index (χ0) is 54.2. The van der Waals surface area contributed by atoms with Gasteiger partial charge in [0.2, 0.25) is 0 Å². The van der Waals surface area contributed by atoms with Gasteiger partial charge in [0.25, 0.3) is 0 Å². The number of hydrogen-bond donors (Lipinski definition) is 0. The second kappa shape index (κ2) is 19.0. The Balaban J connectivity index is 1.06. The predicted octanol–water partition coefficient (Wildman–Crippen LogP) is 19.4. The molecule has 0 aliphatic carbocycles. The van der Waals surface area contributed by atoms with Crippen LogP contribution in [0.5, 0.6) is 11.5 Å². The van der Waals surface area contributed by atoms with E-state index in [1.165, 1.54) is 72.5 Å². The molecule has 0 fully saturated rings. The number of anilines is 4. The third-order valence-electron chi connectivity index (χ3n) is 16.4. The Morgan fingerprint density at radius 2 is 0.935 bits per heavy atom. The minimum atomic E-state index is -0.246. The van der Waals surface area contributed by atoms with E-state index in [9.17, 15) is 0 Å². The zero-order valence-electron chi connectivity index (χ0n) is 47.5. The molecule has 1 aliphatic rings. The predicted molar refractivity (Wildman–Crippen MR) is 326 cm³/mol. The topological polar surface area (TPSA) is 33.5 Å². The van der Waals surface area contributed by atoms with Crippen molar-refractivity contribution in [2.75, 3.05) is 16.5 Å². The Morgan fingerprint density at radius 3 is 1.57 bits per heavy atom. The molecule has 1 aliphatic heterocycles. The van der Waals surface area contributed by atoms with E-state index in [0.29, 0.717) is 6.67 Å². The first-order chi connectivity index (χ1) is 36.5. The Hall–Kier alpha value is -7.89. The quantitative estimate of drug-likeness (QED) is 0.137. The van der Waals surface area contributed by atoms with Crippen LogP contribution in [0.1, 0.15) is 129 Å². The van der Waals surface area contributed by atoms with Crippen molar-refractivity contribution in [3.63, 3.8) is 0 Å². The van der Waals surface area contributed by atoms with Crippen LogP contribution in [-0.4, -0.2) is 16.2 Å². The van der Waals surface area contributed by atoms with Gasteiger partial charge in [0, 0.05) is 51.3 Å². The highest BCUT2D eigenvalue weighted by atomic mass is 16.5. The second-order valence-corrected chi connectivity index (χ2v) is 25.5. The van der Waals surface area contributed by atoms with E-state index in [2.05, 4.69) is 298 Å². The number of nitrogens with zero attached hydrogens (tertiary/aromatic N) is 4. The molecule has 0 N–H and O–H groups in total. The minimum Gasteiger partial charge on any atom is -0.457 e. The molecule has 0 amide bonds. The zero-order valence-corrected chi connectivity index (χ0v) is 47.5. The minimum absolute atomic E-state index is 0.0494. The number of pyridine rings is 1. The normalized spacial score (nSPS) is 13.4. The molecule has 0 atom stereocenters. The van der Waals surface area contributed by atoms with Crippen molar-refractivity contribution in [3.8, 4) is 28.4 Å². The van der Waals surface area contributed by atoms with E-state index < -0.39 is 0 Å². The lowest BCUT2D eigenvalue weighted by molar-refractivity contribution is 0.479. The standard InChI is InChI=1S/C72H74N4O/c1-68(2,3)52-35-36-73-67(44-52)76-63-33-29-49(48-23-17-14-18-24-48)37-62(63)61-32-31-59(46-65(61)76)77-60-42-55(70(7,8)9)40-58(45-60)75-47-74(64-34-30-53(43-66(64)75)71(10,11)50-25-19-15-20-26-50)57-39-54(69(4,5)6)38-56(41-57)72(12,13)51-27-21-16-22-28-51/h14-46H,47H2,1-13H3. The monoisotopic (exact) mass is 1010 g/mol. The Labute approximate surface area is 457 Å². The van der Waals surface area contributed by atoms with Crippen molar-refractivity contribution in [2.45, 2.75) is 117 Å². The highest BCUT2D eigenvalue weighted by molar-refractivity contribution is 6.10. The maximum atomic E-state index is 7.19. The summed E-state index contributed by atoms with van der Waals surface area (Å²) in [7, 11) is 0. The van der Waals surface area contributed by atoms with Crippen LogP contribution in [0.3, 0.4) is 0 Å². The largest absolute Gasteiger partial charge is 0.457 e. The van der Waals surface area contributed by atoms with Crippen LogP contribution in [0.4, 0.5) is 22.7 Å². The van der Waals surface area contributed by atoms with Gasteiger partial charge in [-0.25, -0.2) is 4.98 Å². The lowest BCUT2D eigenvalue weighted by Gasteiger charge is -2.32. The van der Waals surface area contributed by atoms with Crippen molar-refractivity contribution in [3.05, 3.63) is 239 Å². The highest BCUT2D eigenvalue weighted by Gasteiger charge is 2.35. The van der Waals surface area contributed by atoms with Gasteiger partial charge in [-0.1, -0.05) is 199 Å². The summed E-state index contributed by atoms with van der Waals surface area (Å²) in [6, 6.07) is 71.5. The first kappa shape index (κ1) is 51.2. The first-order valence-electron chi connectivity index (χ1n) is 27.4. The molecule has 0 bridgehead atoms. The summed E-state index contributed by atoms with van der Waals surface area (Å²) in [6.07, 6.45) is 1.95. The molecule has 8 aromatic carbocycles. The second-order valence-electron chi connectivity index (χ2n) is 25.5. The van der Waals surface area contributed by atoms with E-state index >= 15 is 0 Å². The van der Waals surface area contributed by atoms with Gasteiger partial charge in [0.1, 0.15) is 24.0 Å². The number of benzene rings is 8. The summed E-state index contributed by atoms with van der Waals surface area (Å²) in [5, 5.41) is 2.31. The summed E-state index contributed by atoms with van der Waals surface area (Å²) in [5.41, 5.74) is 17.2. The molecule has 0 saturated carbocycles. The van der Waals surface area contributed by atoms with Gasteiger partial charge in [0.05, 0.1) is 22.4 Å². The summed E-state index contributed by atoms with van der Waals surface area (Å²) >= 11 is 0. The van der Waals surface area contributed by atoms with E-state index in [1.54, 1.807) is 0 Å². The fourth-order valence-corrected chi connectivity index (χ4v) is 11.2. The SMILES string of the molecule is CC(C)(C)c1cc(Oc2ccc3c4cc(-c5ccccc5)ccc4n(-c4cc(C(C)(C)C)ccn4)c3c2)cc(N2CN(c3cc(C(C)(C)C)cc(C(C)(C)c4ccccc4)c3)c3ccc(C(C)(C)c4ccccc4)cc32)c1.